The van der Waals surface area contributed by atoms with Crippen LogP contribution in [0.3, 0.4) is 0 Å². The molecule has 0 aliphatic carbocycles. The van der Waals surface area contributed by atoms with Crippen LogP contribution in [0, 0.1) is 0 Å². The van der Waals surface area contributed by atoms with Gasteiger partial charge < -0.3 is 10.4 Å². The maximum absolute atomic E-state index is 12.3. The lowest BCUT2D eigenvalue weighted by atomic mass is 10.2. The van der Waals surface area contributed by atoms with Gasteiger partial charge in [0.05, 0.1) is 5.56 Å². The number of nitrogens with zero attached hydrogens (tertiary/aromatic N) is 1. The summed E-state index contributed by atoms with van der Waals surface area (Å²) in [6.07, 6.45) is 1.28. The van der Waals surface area contributed by atoms with E-state index in [4.69, 9.17) is 5.11 Å². The van der Waals surface area contributed by atoms with Crippen LogP contribution in [0.1, 0.15) is 47.2 Å². The highest BCUT2D eigenvalue weighted by Gasteiger charge is 2.19. The van der Waals surface area contributed by atoms with Crippen LogP contribution in [0.15, 0.2) is 42.6 Å². The zero-order valence-corrected chi connectivity index (χ0v) is 15.1. The molecular formula is C18H20N2O4S. The first kappa shape index (κ1) is 18.8. The van der Waals surface area contributed by atoms with Gasteiger partial charge in [0.15, 0.2) is 0 Å². The molecule has 0 fully saturated rings. The molecule has 132 valence electrons. The van der Waals surface area contributed by atoms with Gasteiger partial charge in [0, 0.05) is 33.2 Å². The van der Waals surface area contributed by atoms with Gasteiger partial charge in [-0.05, 0) is 50.6 Å². The summed E-state index contributed by atoms with van der Waals surface area (Å²) < 4.78 is 11.9. The highest BCUT2D eigenvalue weighted by Crippen LogP contribution is 2.19. The molecule has 0 aliphatic rings. The first-order chi connectivity index (χ1) is 11.7. The van der Waals surface area contributed by atoms with Gasteiger partial charge in [0.2, 0.25) is 0 Å². The molecule has 2 aromatic rings. The van der Waals surface area contributed by atoms with E-state index in [0.29, 0.717) is 11.4 Å². The summed E-state index contributed by atoms with van der Waals surface area (Å²) in [6.45, 7) is 5.74. The van der Waals surface area contributed by atoms with Crippen molar-refractivity contribution in [1.29, 1.82) is 0 Å². The number of carboxylic acids is 1. The monoisotopic (exact) mass is 360 g/mol. The summed E-state index contributed by atoms with van der Waals surface area (Å²) in [5, 5.41) is 11.7. The molecule has 25 heavy (non-hydrogen) atoms. The number of carboxylic acid groups (broad SMARTS) is 1. The Hall–Kier alpha value is -2.54. The fraction of sp³-hybridized carbons (Fsp3) is 0.278. The predicted molar refractivity (Wildman–Crippen MR) is 97.2 cm³/mol. The van der Waals surface area contributed by atoms with Crippen LogP contribution < -0.4 is 5.32 Å². The maximum Gasteiger partial charge on any atom is 0.335 e. The molecule has 0 spiro atoms. The van der Waals surface area contributed by atoms with Gasteiger partial charge in [-0.25, -0.2) is 4.79 Å². The van der Waals surface area contributed by atoms with Crippen molar-refractivity contribution in [2.75, 3.05) is 5.32 Å². The number of amides is 1. The second-order valence-electron chi connectivity index (χ2n) is 6.49. The molecule has 0 radical (unpaired) electrons. The minimum Gasteiger partial charge on any atom is -0.478 e. The average molecular weight is 360 g/mol. The van der Waals surface area contributed by atoms with E-state index in [1.54, 1.807) is 18.2 Å². The molecule has 1 heterocycles. The molecule has 0 aliphatic heterocycles. The zero-order valence-electron chi connectivity index (χ0n) is 14.3. The Balaban J connectivity index is 2.14. The molecule has 1 aromatic heterocycles. The van der Waals surface area contributed by atoms with Crippen LogP contribution >= 0.6 is 0 Å². The van der Waals surface area contributed by atoms with Crippen molar-refractivity contribution in [1.82, 2.24) is 4.98 Å². The Morgan fingerprint density at radius 1 is 1.20 bits per heavy atom. The van der Waals surface area contributed by atoms with Gasteiger partial charge >= 0.3 is 5.97 Å². The van der Waals surface area contributed by atoms with Gasteiger partial charge in [-0.3, -0.25) is 14.0 Å². The van der Waals surface area contributed by atoms with Crippen molar-refractivity contribution in [3.05, 3.63) is 59.4 Å². The van der Waals surface area contributed by atoms with Crippen LogP contribution in [0.5, 0.6) is 0 Å². The molecule has 2 rings (SSSR count). The van der Waals surface area contributed by atoms with Crippen molar-refractivity contribution in [3.63, 3.8) is 0 Å². The van der Waals surface area contributed by atoms with E-state index in [-0.39, 0.29) is 16.0 Å². The molecule has 1 unspecified atom stereocenters. The summed E-state index contributed by atoms with van der Waals surface area (Å²) in [4.78, 5) is 27.1. The van der Waals surface area contributed by atoms with Crippen LogP contribution in [-0.4, -0.2) is 30.9 Å². The lowest BCUT2D eigenvalue weighted by Gasteiger charge is -2.18. The average Bonchev–Trinajstić information content (AvgIpc) is 2.54. The molecule has 2 N–H and O–H groups in total. The van der Waals surface area contributed by atoms with Gasteiger partial charge in [0.1, 0.15) is 5.69 Å². The number of hydrogen-bond donors (Lipinski definition) is 2. The van der Waals surface area contributed by atoms with Gasteiger partial charge in [0.25, 0.3) is 5.91 Å². The molecule has 1 atom stereocenters. The molecule has 7 heteroatoms. The molecule has 1 aromatic carbocycles. The Kier molecular flexibility index (Phi) is 5.69. The number of pyridine rings is 1. The van der Waals surface area contributed by atoms with E-state index in [1.807, 2.05) is 26.8 Å². The molecule has 6 nitrogen and oxygen atoms in total. The Morgan fingerprint density at radius 3 is 2.56 bits per heavy atom. The van der Waals surface area contributed by atoms with Gasteiger partial charge in [-0.1, -0.05) is 12.1 Å². The van der Waals surface area contributed by atoms with Crippen molar-refractivity contribution in [2.45, 2.75) is 31.3 Å². The third-order valence-corrected chi connectivity index (χ3v) is 5.37. The summed E-state index contributed by atoms with van der Waals surface area (Å²) in [5.74, 6) is -1.24. The third-order valence-electron chi connectivity index (χ3n) is 3.41. The number of hydrogen-bond acceptors (Lipinski definition) is 4. The van der Waals surface area contributed by atoms with E-state index in [9.17, 15) is 13.8 Å². The topological polar surface area (TPSA) is 96.4 Å². The number of aromatic carboxylic acids is 1. The largest absolute Gasteiger partial charge is 0.478 e. The highest BCUT2D eigenvalue weighted by atomic mass is 32.2. The fourth-order valence-corrected chi connectivity index (χ4v) is 2.90. The Morgan fingerprint density at radius 2 is 1.92 bits per heavy atom. The zero-order chi connectivity index (χ0) is 18.6. The standard InChI is InChI=1S/C18H20N2O4S/c1-18(2,3)25(24)11-12-5-4-6-14(9-12)20-16(21)15-10-13(17(22)23)7-8-19-15/h4-10H,11H2,1-3H3,(H,20,21)(H,22,23). The van der Waals surface area contributed by atoms with Gasteiger partial charge in [-0.15, -0.1) is 0 Å². The number of carbonyl (C=O) groups excluding carboxylic acids is 1. The summed E-state index contributed by atoms with van der Waals surface area (Å²) in [6, 6.07) is 9.62. The lowest BCUT2D eigenvalue weighted by Crippen LogP contribution is -2.23. The number of carbonyl (C=O) groups is 2. The minimum atomic E-state index is -1.12. The van der Waals surface area contributed by atoms with Crippen molar-refractivity contribution in [2.24, 2.45) is 0 Å². The summed E-state index contributed by atoms with van der Waals surface area (Å²) in [7, 11) is -1.04. The molecule has 1 amide bonds. The van der Waals surface area contributed by atoms with E-state index in [1.165, 1.54) is 18.3 Å². The Bertz CT molecular complexity index is 828. The number of nitrogens with one attached hydrogen (secondary N) is 1. The molecular weight excluding hydrogens is 340 g/mol. The quantitative estimate of drug-likeness (QED) is 0.854. The molecule has 0 saturated carbocycles. The highest BCUT2D eigenvalue weighted by molar-refractivity contribution is 7.85. The number of anilines is 1. The van der Waals surface area contributed by atoms with Crippen molar-refractivity contribution in [3.8, 4) is 0 Å². The van der Waals surface area contributed by atoms with Crippen LogP contribution in [0.2, 0.25) is 0 Å². The SMILES string of the molecule is CC(C)(C)S(=O)Cc1cccc(NC(=O)c2cc(C(=O)O)ccn2)c1. The van der Waals surface area contributed by atoms with Crippen LogP contribution in [-0.2, 0) is 16.6 Å². The number of benzene rings is 1. The second kappa shape index (κ2) is 7.57. The summed E-state index contributed by atoms with van der Waals surface area (Å²) >= 11 is 0. The fourth-order valence-electron chi connectivity index (χ4n) is 1.99. The Labute approximate surface area is 148 Å². The first-order valence-corrected chi connectivity index (χ1v) is 8.97. The van der Waals surface area contributed by atoms with E-state index < -0.39 is 22.7 Å². The van der Waals surface area contributed by atoms with Gasteiger partial charge in [-0.2, -0.15) is 0 Å². The smallest absolute Gasteiger partial charge is 0.335 e. The van der Waals surface area contributed by atoms with E-state index in [0.717, 1.165) is 5.56 Å². The third kappa shape index (κ3) is 5.22. The van der Waals surface area contributed by atoms with Crippen LogP contribution in [0.25, 0.3) is 0 Å². The van der Waals surface area contributed by atoms with E-state index >= 15 is 0 Å². The summed E-state index contributed by atoms with van der Waals surface area (Å²) in [5.41, 5.74) is 1.40. The number of rotatable bonds is 5. The second-order valence-corrected chi connectivity index (χ2v) is 8.70. The minimum absolute atomic E-state index is 0.00512. The predicted octanol–water partition coefficient (Wildman–Crippen LogP) is 3.08. The van der Waals surface area contributed by atoms with Crippen molar-refractivity contribution < 1.29 is 18.9 Å². The normalized spacial score (nSPS) is 12.4. The molecule has 0 bridgehead atoms. The number of aromatic nitrogens is 1. The maximum atomic E-state index is 12.3. The van der Waals surface area contributed by atoms with Crippen molar-refractivity contribution >= 4 is 28.4 Å². The molecule has 0 saturated heterocycles. The van der Waals surface area contributed by atoms with E-state index in [2.05, 4.69) is 10.3 Å². The van der Waals surface area contributed by atoms with Crippen LogP contribution in [0.4, 0.5) is 5.69 Å². The first-order valence-electron chi connectivity index (χ1n) is 7.65. The lowest BCUT2D eigenvalue weighted by molar-refractivity contribution is 0.0696.